The van der Waals surface area contributed by atoms with Gasteiger partial charge in [-0.1, -0.05) is 12.1 Å². The highest BCUT2D eigenvalue weighted by Gasteiger charge is 2.07. The van der Waals surface area contributed by atoms with E-state index < -0.39 is 0 Å². The summed E-state index contributed by atoms with van der Waals surface area (Å²) in [6, 6.07) is 4.06. The van der Waals surface area contributed by atoms with Crippen molar-refractivity contribution >= 4 is 5.91 Å². The molecule has 0 spiro atoms. The number of rotatable bonds is 6. The third-order valence-corrected chi connectivity index (χ3v) is 2.25. The molecule has 3 heteroatoms. The van der Waals surface area contributed by atoms with Gasteiger partial charge in [-0.15, -0.1) is 6.58 Å². The Balaban J connectivity index is 2.33. The van der Waals surface area contributed by atoms with E-state index in [0.29, 0.717) is 6.42 Å². The number of pyridine rings is 1. The lowest BCUT2D eigenvalue weighted by molar-refractivity contribution is -0.121. The zero-order valence-electron chi connectivity index (χ0n) is 9.65. The smallest absolute Gasteiger partial charge is 0.220 e. The number of carbonyl (C=O) groups is 1. The lowest BCUT2D eigenvalue weighted by Crippen LogP contribution is -2.33. The summed E-state index contributed by atoms with van der Waals surface area (Å²) in [5, 5.41) is 2.95. The molecule has 0 aromatic carbocycles. The molecule has 0 radical (unpaired) electrons. The molecule has 0 aliphatic heterocycles. The quantitative estimate of drug-likeness (QED) is 0.743. The number of allylic oxidation sites excluding steroid dienone is 1. The Morgan fingerprint density at radius 3 is 3.12 bits per heavy atom. The standard InChI is InChI=1S/C13H18N2O/c1-3-4-7-13(16)15-11(2)9-12-6-5-8-14-10-12/h3,5-6,8,10-11H,1,4,7,9H2,2H3,(H,15,16)/t11-/m0/s1. The summed E-state index contributed by atoms with van der Waals surface area (Å²) in [4.78, 5) is 15.5. The zero-order chi connectivity index (χ0) is 11.8. The predicted molar refractivity (Wildman–Crippen MR) is 65.0 cm³/mol. The van der Waals surface area contributed by atoms with Crippen LogP contribution in [-0.2, 0) is 11.2 Å². The maximum Gasteiger partial charge on any atom is 0.220 e. The summed E-state index contributed by atoms with van der Waals surface area (Å²) >= 11 is 0. The van der Waals surface area contributed by atoms with Gasteiger partial charge >= 0.3 is 0 Å². The highest BCUT2D eigenvalue weighted by Crippen LogP contribution is 2.01. The van der Waals surface area contributed by atoms with Gasteiger partial charge in [-0.25, -0.2) is 0 Å². The summed E-state index contributed by atoms with van der Waals surface area (Å²) in [7, 11) is 0. The molecule has 1 atom stereocenters. The predicted octanol–water partition coefficient (Wildman–Crippen LogP) is 2.09. The van der Waals surface area contributed by atoms with Crippen LogP contribution in [0.15, 0.2) is 37.2 Å². The van der Waals surface area contributed by atoms with Gasteiger partial charge in [0.15, 0.2) is 0 Å². The van der Waals surface area contributed by atoms with E-state index in [1.54, 1.807) is 12.3 Å². The molecule has 0 saturated carbocycles. The maximum atomic E-state index is 11.4. The molecule has 0 aliphatic rings. The largest absolute Gasteiger partial charge is 0.353 e. The van der Waals surface area contributed by atoms with E-state index in [-0.39, 0.29) is 11.9 Å². The van der Waals surface area contributed by atoms with Crippen molar-refractivity contribution < 1.29 is 4.79 Å². The molecule has 0 unspecified atom stereocenters. The van der Waals surface area contributed by atoms with Crippen LogP contribution in [0.25, 0.3) is 0 Å². The first-order valence-corrected chi connectivity index (χ1v) is 5.51. The normalized spacial score (nSPS) is 11.8. The molecule has 3 nitrogen and oxygen atoms in total. The van der Waals surface area contributed by atoms with Crippen LogP contribution in [0.5, 0.6) is 0 Å². The minimum Gasteiger partial charge on any atom is -0.353 e. The number of aromatic nitrogens is 1. The Bertz CT molecular complexity index is 335. The molecule has 86 valence electrons. The first-order chi connectivity index (χ1) is 7.72. The Kier molecular flexibility index (Phi) is 5.26. The van der Waals surface area contributed by atoms with E-state index in [1.165, 1.54) is 0 Å². The van der Waals surface area contributed by atoms with Crippen LogP contribution in [0.1, 0.15) is 25.3 Å². The van der Waals surface area contributed by atoms with Crippen molar-refractivity contribution in [2.45, 2.75) is 32.2 Å². The number of amides is 1. The second kappa shape index (κ2) is 6.77. The van der Waals surface area contributed by atoms with Gasteiger partial charge in [-0.2, -0.15) is 0 Å². The van der Waals surface area contributed by atoms with Gasteiger partial charge in [0.25, 0.3) is 0 Å². The summed E-state index contributed by atoms with van der Waals surface area (Å²) in [6.45, 7) is 5.59. The van der Waals surface area contributed by atoms with Crippen LogP contribution in [0.4, 0.5) is 0 Å². The van der Waals surface area contributed by atoms with Crippen molar-refractivity contribution in [1.29, 1.82) is 0 Å². The SMILES string of the molecule is C=CCCC(=O)N[C@@H](C)Cc1cccnc1. The topological polar surface area (TPSA) is 42.0 Å². The lowest BCUT2D eigenvalue weighted by atomic mass is 10.1. The molecular weight excluding hydrogens is 200 g/mol. The third-order valence-electron chi connectivity index (χ3n) is 2.25. The van der Waals surface area contributed by atoms with Gasteiger partial charge in [0.05, 0.1) is 0 Å². The van der Waals surface area contributed by atoms with Gasteiger partial charge in [0.1, 0.15) is 0 Å². The summed E-state index contributed by atoms with van der Waals surface area (Å²) in [6.07, 6.45) is 7.38. The van der Waals surface area contributed by atoms with Crippen LogP contribution in [-0.4, -0.2) is 16.9 Å². The summed E-state index contributed by atoms with van der Waals surface area (Å²) in [5.41, 5.74) is 1.14. The highest BCUT2D eigenvalue weighted by molar-refractivity contribution is 5.76. The van der Waals surface area contributed by atoms with Crippen molar-refractivity contribution in [3.05, 3.63) is 42.7 Å². The molecule has 1 heterocycles. The number of nitrogens with one attached hydrogen (secondary N) is 1. The highest BCUT2D eigenvalue weighted by atomic mass is 16.1. The molecule has 1 aromatic rings. The second-order valence-electron chi connectivity index (χ2n) is 3.86. The fraction of sp³-hybridized carbons (Fsp3) is 0.385. The molecule has 16 heavy (non-hydrogen) atoms. The molecule has 1 rings (SSSR count). The maximum absolute atomic E-state index is 11.4. The van der Waals surface area contributed by atoms with E-state index in [1.807, 2.05) is 25.3 Å². The number of nitrogens with zero attached hydrogens (tertiary/aromatic N) is 1. The van der Waals surface area contributed by atoms with Crippen molar-refractivity contribution in [2.24, 2.45) is 0 Å². The van der Waals surface area contributed by atoms with E-state index in [9.17, 15) is 4.79 Å². The number of carbonyl (C=O) groups excluding carboxylic acids is 1. The summed E-state index contributed by atoms with van der Waals surface area (Å²) in [5.74, 6) is 0.0799. The van der Waals surface area contributed by atoms with Gasteiger partial charge in [0, 0.05) is 24.9 Å². The van der Waals surface area contributed by atoms with Gasteiger partial charge in [-0.3, -0.25) is 9.78 Å². The van der Waals surface area contributed by atoms with Crippen LogP contribution in [0.3, 0.4) is 0 Å². The average molecular weight is 218 g/mol. The van der Waals surface area contributed by atoms with Gasteiger partial charge < -0.3 is 5.32 Å². The lowest BCUT2D eigenvalue weighted by Gasteiger charge is -2.13. The minimum atomic E-state index is 0.0799. The van der Waals surface area contributed by atoms with Gasteiger partial charge in [0.2, 0.25) is 5.91 Å². The Labute approximate surface area is 96.6 Å². The average Bonchev–Trinajstić information content (AvgIpc) is 2.27. The number of hydrogen-bond donors (Lipinski definition) is 1. The molecular formula is C13H18N2O. The molecule has 1 amide bonds. The fourth-order valence-electron chi connectivity index (χ4n) is 1.50. The number of hydrogen-bond acceptors (Lipinski definition) is 2. The fourth-order valence-corrected chi connectivity index (χ4v) is 1.50. The second-order valence-corrected chi connectivity index (χ2v) is 3.86. The monoisotopic (exact) mass is 218 g/mol. The minimum absolute atomic E-state index is 0.0799. The van der Waals surface area contributed by atoms with Crippen molar-refractivity contribution in [3.63, 3.8) is 0 Å². The summed E-state index contributed by atoms with van der Waals surface area (Å²) < 4.78 is 0. The molecule has 0 saturated heterocycles. The molecule has 1 N–H and O–H groups in total. The van der Waals surface area contributed by atoms with Crippen molar-refractivity contribution in [2.75, 3.05) is 0 Å². The van der Waals surface area contributed by atoms with E-state index >= 15 is 0 Å². The van der Waals surface area contributed by atoms with Crippen molar-refractivity contribution in [1.82, 2.24) is 10.3 Å². The molecule has 0 fully saturated rings. The Hall–Kier alpha value is -1.64. The molecule has 0 aliphatic carbocycles. The first-order valence-electron chi connectivity index (χ1n) is 5.51. The van der Waals surface area contributed by atoms with Crippen LogP contribution in [0, 0.1) is 0 Å². The van der Waals surface area contributed by atoms with E-state index in [0.717, 1.165) is 18.4 Å². The van der Waals surface area contributed by atoms with Crippen LogP contribution in [0.2, 0.25) is 0 Å². The Morgan fingerprint density at radius 1 is 1.69 bits per heavy atom. The third kappa shape index (κ3) is 4.73. The molecule has 1 aromatic heterocycles. The molecule has 0 bridgehead atoms. The van der Waals surface area contributed by atoms with Crippen LogP contribution < -0.4 is 5.32 Å². The van der Waals surface area contributed by atoms with Crippen LogP contribution >= 0.6 is 0 Å². The first kappa shape index (κ1) is 12.4. The zero-order valence-corrected chi connectivity index (χ0v) is 9.65. The van der Waals surface area contributed by atoms with E-state index in [2.05, 4.69) is 16.9 Å². The Morgan fingerprint density at radius 2 is 2.50 bits per heavy atom. The van der Waals surface area contributed by atoms with E-state index in [4.69, 9.17) is 0 Å². The van der Waals surface area contributed by atoms with Crippen molar-refractivity contribution in [3.8, 4) is 0 Å². The van der Waals surface area contributed by atoms with Gasteiger partial charge in [-0.05, 0) is 31.4 Å².